The lowest BCUT2D eigenvalue weighted by atomic mass is 10.3. The zero-order valence-electron chi connectivity index (χ0n) is 13.6. The molecule has 0 unspecified atom stereocenters. The molecule has 0 aliphatic carbocycles. The van der Waals surface area contributed by atoms with Crippen LogP contribution in [0.25, 0.3) is 0 Å². The monoisotopic (exact) mass is 336 g/mol. The number of benzene rings is 1. The van der Waals surface area contributed by atoms with Gasteiger partial charge in [0.15, 0.2) is 11.6 Å². The third-order valence-electron chi connectivity index (χ3n) is 3.59. The molecule has 1 aromatic rings. The SMILES string of the molecule is CN(CCOc1ccccc1F)C(=O)/C=C/C(=O)N1CCOCC1. The van der Waals surface area contributed by atoms with E-state index in [9.17, 15) is 14.0 Å². The predicted octanol–water partition coefficient (Wildman–Crippen LogP) is 1.08. The van der Waals surface area contributed by atoms with Crippen LogP contribution >= 0.6 is 0 Å². The summed E-state index contributed by atoms with van der Waals surface area (Å²) in [5, 5.41) is 0. The molecule has 0 atom stereocenters. The molecule has 2 rings (SSSR count). The molecule has 0 spiro atoms. The summed E-state index contributed by atoms with van der Waals surface area (Å²) in [4.78, 5) is 26.9. The van der Waals surface area contributed by atoms with Crippen molar-refractivity contribution in [1.82, 2.24) is 9.80 Å². The van der Waals surface area contributed by atoms with Crippen LogP contribution in [0.15, 0.2) is 36.4 Å². The fraction of sp³-hybridized carbons (Fsp3) is 0.412. The maximum absolute atomic E-state index is 13.4. The Morgan fingerprint density at radius 3 is 2.71 bits per heavy atom. The number of carbonyl (C=O) groups is 2. The van der Waals surface area contributed by atoms with Gasteiger partial charge in [-0.2, -0.15) is 0 Å². The van der Waals surface area contributed by atoms with Crippen LogP contribution in [0.2, 0.25) is 0 Å². The van der Waals surface area contributed by atoms with Crippen LogP contribution < -0.4 is 4.74 Å². The van der Waals surface area contributed by atoms with E-state index in [0.717, 1.165) is 0 Å². The molecule has 6 nitrogen and oxygen atoms in total. The summed E-state index contributed by atoms with van der Waals surface area (Å²) in [6, 6.07) is 6.09. The van der Waals surface area contributed by atoms with Gasteiger partial charge in [0.05, 0.1) is 19.8 Å². The predicted molar refractivity (Wildman–Crippen MR) is 86.1 cm³/mol. The zero-order valence-corrected chi connectivity index (χ0v) is 13.6. The largest absolute Gasteiger partial charge is 0.489 e. The Labute approximate surface area is 140 Å². The first-order valence-corrected chi connectivity index (χ1v) is 7.75. The summed E-state index contributed by atoms with van der Waals surface area (Å²) < 4.78 is 23.9. The summed E-state index contributed by atoms with van der Waals surface area (Å²) in [7, 11) is 1.59. The van der Waals surface area contributed by atoms with Crippen LogP contribution in [-0.4, -0.2) is 68.1 Å². The number of carbonyl (C=O) groups excluding carboxylic acids is 2. The minimum atomic E-state index is -0.442. The van der Waals surface area contributed by atoms with Crippen molar-refractivity contribution in [2.75, 3.05) is 46.5 Å². The van der Waals surface area contributed by atoms with Crippen molar-refractivity contribution in [2.24, 2.45) is 0 Å². The number of ether oxygens (including phenoxy) is 2. The number of halogens is 1. The van der Waals surface area contributed by atoms with Crippen molar-refractivity contribution < 1.29 is 23.5 Å². The van der Waals surface area contributed by atoms with Gasteiger partial charge in [-0.3, -0.25) is 9.59 Å². The highest BCUT2D eigenvalue weighted by atomic mass is 19.1. The fourth-order valence-corrected chi connectivity index (χ4v) is 2.12. The molecule has 0 bridgehead atoms. The highest BCUT2D eigenvalue weighted by molar-refractivity contribution is 5.96. The van der Waals surface area contributed by atoms with E-state index in [-0.39, 0.29) is 30.7 Å². The first kappa shape index (κ1) is 17.9. The van der Waals surface area contributed by atoms with E-state index in [0.29, 0.717) is 26.3 Å². The third kappa shape index (κ3) is 5.34. The maximum Gasteiger partial charge on any atom is 0.246 e. The molecule has 1 saturated heterocycles. The van der Waals surface area contributed by atoms with Crippen LogP contribution in [0.3, 0.4) is 0 Å². The highest BCUT2D eigenvalue weighted by Gasteiger charge is 2.15. The normalized spacial score (nSPS) is 14.7. The molecular weight excluding hydrogens is 315 g/mol. The molecule has 1 aliphatic rings. The zero-order chi connectivity index (χ0) is 17.4. The van der Waals surface area contributed by atoms with Gasteiger partial charge in [0.2, 0.25) is 11.8 Å². The topological polar surface area (TPSA) is 59.1 Å². The molecule has 2 amide bonds. The fourth-order valence-electron chi connectivity index (χ4n) is 2.12. The number of morpholine rings is 1. The lowest BCUT2D eigenvalue weighted by Crippen LogP contribution is -2.40. The molecule has 1 aromatic carbocycles. The molecule has 0 N–H and O–H groups in total. The van der Waals surface area contributed by atoms with Crippen molar-refractivity contribution in [3.8, 4) is 5.75 Å². The Bertz CT molecular complexity index is 600. The standard InChI is InChI=1S/C17H21FN2O4/c1-19(8-13-24-15-5-3-2-4-14(15)18)16(21)6-7-17(22)20-9-11-23-12-10-20/h2-7H,8-13H2,1H3/b7-6+. The Hall–Kier alpha value is -2.41. The van der Waals surface area contributed by atoms with Crippen LogP contribution in [0, 0.1) is 5.82 Å². The van der Waals surface area contributed by atoms with Crippen LogP contribution in [-0.2, 0) is 14.3 Å². The second-order valence-corrected chi connectivity index (χ2v) is 5.31. The minimum absolute atomic E-state index is 0.149. The smallest absolute Gasteiger partial charge is 0.246 e. The van der Waals surface area contributed by atoms with Gasteiger partial charge in [-0.15, -0.1) is 0 Å². The van der Waals surface area contributed by atoms with Crippen molar-refractivity contribution in [2.45, 2.75) is 0 Å². The Morgan fingerprint density at radius 1 is 1.29 bits per heavy atom. The van der Waals surface area contributed by atoms with E-state index in [4.69, 9.17) is 9.47 Å². The number of nitrogens with zero attached hydrogens (tertiary/aromatic N) is 2. The van der Waals surface area contributed by atoms with Crippen molar-refractivity contribution in [3.63, 3.8) is 0 Å². The van der Waals surface area contributed by atoms with Gasteiger partial charge in [0, 0.05) is 32.3 Å². The lowest BCUT2D eigenvalue weighted by molar-refractivity contribution is -0.130. The number of likely N-dealkylation sites (N-methyl/N-ethyl adjacent to an activating group) is 1. The second kappa shape index (κ2) is 9.02. The average molecular weight is 336 g/mol. The van der Waals surface area contributed by atoms with E-state index < -0.39 is 5.82 Å². The summed E-state index contributed by atoms with van der Waals surface area (Å²) in [6.45, 7) is 2.53. The number of hydrogen-bond acceptors (Lipinski definition) is 4. The summed E-state index contributed by atoms with van der Waals surface area (Å²) >= 11 is 0. The Balaban J connectivity index is 1.74. The minimum Gasteiger partial charge on any atom is -0.489 e. The average Bonchev–Trinajstić information content (AvgIpc) is 2.61. The van der Waals surface area contributed by atoms with Crippen LogP contribution in [0.1, 0.15) is 0 Å². The molecule has 130 valence electrons. The molecule has 1 aliphatic heterocycles. The second-order valence-electron chi connectivity index (χ2n) is 5.31. The van der Waals surface area contributed by atoms with E-state index in [2.05, 4.69) is 0 Å². The summed E-state index contributed by atoms with van der Waals surface area (Å²) in [5.41, 5.74) is 0. The van der Waals surface area contributed by atoms with E-state index in [1.807, 2.05) is 0 Å². The van der Waals surface area contributed by atoms with Gasteiger partial charge in [0.1, 0.15) is 6.61 Å². The van der Waals surface area contributed by atoms with Gasteiger partial charge in [-0.1, -0.05) is 12.1 Å². The number of hydrogen-bond donors (Lipinski definition) is 0. The molecule has 0 radical (unpaired) electrons. The van der Waals surface area contributed by atoms with Gasteiger partial charge in [0.25, 0.3) is 0 Å². The Morgan fingerprint density at radius 2 is 2.00 bits per heavy atom. The molecule has 0 saturated carbocycles. The van der Waals surface area contributed by atoms with E-state index in [1.54, 1.807) is 24.1 Å². The van der Waals surface area contributed by atoms with Crippen molar-refractivity contribution in [3.05, 3.63) is 42.2 Å². The van der Waals surface area contributed by atoms with Gasteiger partial charge in [-0.25, -0.2) is 4.39 Å². The first-order valence-electron chi connectivity index (χ1n) is 7.75. The Kier molecular flexibility index (Phi) is 6.74. The highest BCUT2D eigenvalue weighted by Crippen LogP contribution is 2.14. The summed E-state index contributed by atoms with van der Waals surface area (Å²) in [5.74, 6) is -0.810. The van der Waals surface area contributed by atoms with Crippen LogP contribution in [0.4, 0.5) is 4.39 Å². The van der Waals surface area contributed by atoms with Crippen molar-refractivity contribution in [1.29, 1.82) is 0 Å². The maximum atomic E-state index is 13.4. The quantitative estimate of drug-likeness (QED) is 0.730. The van der Waals surface area contributed by atoms with Crippen molar-refractivity contribution >= 4 is 11.8 Å². The molecular formula is C17H21FN2O4. The lowest BCUT2D eigenvalue weighted by Gasteiger charge is -2.25. The van der Waals surface area contributed by atoms with Crippen LogP contribution in [0.5, 0.6) is 5.75 Å². The molecule has 0 aromatic heterocycles. The van der Waals surface area contributed by atoms with Gasteiger partial charge in [-0.05, 0) is 12.1 Å². The molecule has 7 heteroatoms. The number of amides is 2. The van der Waals surface area contributed by atoms with E-state index >= 15 is 0 Å². The van der Waals surface area contributed by atoms with Gasteiger partial charge < -0.3 is 19.3 Å². The third-order valence-corrected chi connectivity index (χ3v) is 3.59. The number of para-hydroxylation sites is 1. The molecule has 1 fully saturated rings. The number of rotatable bonds is 6. The molecule has 24 heavy (non-hydrogen) atoms. The van der Waals surface area contributed by atoms with Gasteiger partial charge >= 0.3 is 0 Å². The first-order chi connectivity index (χ1) is 11.6. The molecule has 1 heterocycles. The van der Waals surface area contributed by atoms with E-state index in [1.165, 1.54) is 29.2 Å². The summed E-state index contributed by atoms with van der Waals surface area (Å²) in [6.07, 6.45) is 2.50.